The normalized spacial score (nSPS) is 16.2. The Bertz CT molecular complexity index is 1430. The number of pyridine rings is 2. The molecule has 1 atom stereocenters. The predicted octanol–water partition coefficient (Wildman–Crippen LogP) is 3.97. The van der Waals surface area contributed by atoms with Gasteiger partial charge in [0.1, 0.15) is 35.8 Å². The molecular weight excluding hydrogens is 414 g/mol. The molecule has 158 valence electrons. The molecule has 32 heavy (non-hydrogen) atoms. The van der Waals surface area contributed by atoms with Crippen molar-refractivity contribution < 1.29 is 13.5 Å². The molecule has 0 bridgehead atoms. The van der Waals surface area contributed by atoms with E-state index in [2.05, 4.69) is 10.3 Å². The fraction of sp³-hybridized carbons (Fsp3) is 0.125. The first-order valence-electron chi connectivity index (χ1n) is 9.89. The number of benzene rings is 1. The van der Waals surface area contributed by atoms with Crippen LogP contribution in [-0.4, -0.2) is 15.6 Å². The summed E-state index contributed by atoms with van der Waals surface area (Å²) in [7, 11) is 0. The number of rotatable bonds is 2. The van der Waals surface area contributed by atoms with Crippen molar-refractivity contribution in [2.75, 3.05) is 0 Å². The molecule has 0 saturated heterocycles. The van der Waals surface area contributed by atoms with Crippen molar-refractivity contribution in [2.45, 2.75) is 19.6 Å². The predicted molar refractivity (Wildman–Crippen MR) is 114 cm³/mol. The number of allylic oxidation sites excluding steroid dienone is 2. The molecule has 4 heterocycles. The smallest absolute Gasteiger partial charge is 0.263 e. The molecule has 0 spiro atoms. The third-order valence-electron chi connectivity index (χ3n) is 5.57. The van der Waals surface area contributed by atoms with Gasteiger partial charge in [-0.1, -0.05) is 12.1 Å². The molecule has 2 aromatic heterocycles. The van der Waals surface area contributed by atoms with Gasteiger partial charge >= 0.3 is 0 Å². The number of fused-ring (bicyclic) bond motifs is 3. The lowest BCUT2D eigenvalue weighted by molar-refractivity contribution is 0.290. The first-order valence-corrected chi connectivity index (χ1v) is 9.89. The molecule has 0 saturated carbocycles. The molecule has 8 heteroatoms. The number of aromatic nitrogens is 2. The SMILES string of the molecule is CC1NC=CC=C1n1c2c(cc(-c3cccc(F)c3C#N)c1=O)-c1ncc(F)cc1OC2. The number of nitrogens with zero attached hydrogens (tertiary/aromatic N) is 3. The number of ether oxygens (including phenoxy) is 1. The second kappa shape index (κ2) is 7.46. The highest BCUT2D eigenvalue weighted by atomic mass is 19.1. The highest BCUT2D eigenvalue weighted by Gasteiger charge is 2.29. The van der Waals surface area contributed by atoms with Crippen molar-refractivity contribution in [2.24, 2.45) is 0 Å². The van der Waals surface area contributed by atoms with Crippen LogP contribution in [0.25, 0.3) is 28.1 Å². The van der Waals surface area contributed by atoms with E-state index in [1.807, 2.05) is 13.0 Å². The molecule has 0 amide bonds. The Morgan fingerprint density at radius 2 is 2.09 bits per heavy atom. The molecule has 0 aliphatic carbocycles. The number of nitrogens with one attached hydrogen (secondary N) is 1. The summed E-state index contributed by atoms with van der Waals surface area (Å²) in [6.07, 6.45) is 6.42. The van der Waals surface area contributed by atoms with E-state index in [0.717, 1.165) is 6.20 Å². The lowest BCUT2D eigenvalue weighted by Gasteiger charge is -2.28. The first-order chi connectivity index (χ1) is 15.5. The Morgan fingerprint density at radius 1 is 1.25 bits per heavy atom. The Labute approximate surface area is 181 Å². The maximum Gasteiger partial charge on any atom is 0.263 e. The van der Waals surface area contributed by atoms with E-state index in [1.54, 1.807) is 24.4 Å². The van der Waals surface area contributed by atoms with Crippen molar-refractivity contribution in [3.8, 4) is 34.2 Å². The van der Waals surface area contributed by atoms with Gasteiger partial charge in [0.25, 0.3) is 5.56 Å². The molecule has 1 unspecified atom stereocenters. The second-order valence-corrected chi connectivity index (χ2v) is 7.46. The summed E-state index contributed by atoms with van der Waals surface area (Å²) in [4.78, 5) is 17.9. The van der Waals surface area contributed by atoms with Crippen molar-refractivity contribution in [1.29, 1.82) is 5.26 Å². The van der Waals surface area contributed by atoms with Crippen LogP contribution in [0.4, 0.5) is 8.78 Å². The largest absolute Gasteiger partial charge is 0.485 e. The molecule has 5 rings (SSSR count). The number of nitriles is 1. The fourth-order valence-corrected chi connectivity index (χ4v) is 4.05. The lowest BCUT2D eigenvalue weighted by Crippen LogP contribution is -2.35. The van der Waals surface area contributed by atoms with E-state index in [9.17, 15) is 18.8 Å². The minimum Gasteiger partial charge on any atom is -0.485 e. The van der Waals surface area contributed by atoms with E-state index in [4.69, 9.17) is 4.74 Å². The van der Waals surface area contributed by atoms with Gasteiger partial charge in [0, 0.05) is 28.5 Å². The topological polar surface area (TPSA) is 79.9 Å². The third-order valence-corrected chi connectivity index (χ3v) is 5.57. The summed E-state index contributed by atoms with van der Waals surface area (Å²) < 4.78 is 35.3. The first kappa shape index (κ1) is 19.7. The quantitative estimate of drug-likeness (QED) is 0.666. The minimum atomic E-state index is -0.715. The molecule has 2 aliphatic heterocycles. The maximum absolute atomic E-state index is 14.4. The summed E-state index contributed by atoms with van der Waals surface area (Å²) in [5.41, 5.74) is 1.78. The van der Waals surface area contributed by atoms with E-state index in [1.165, 1.54) is 28.8 Å². The van der Waals surface area contributed by atoms with Crippen LogP contribution < -0.4 is 15.6 Å². The third kappa shape index (κ3) is 2.98. The van der Waals surface area contributed by atoms with Crippen LogP contribution in [0.3, 0.4) is 0 Å². The van der Waals surface area contributed by atoms with Gasteiger partial charge in [-0.2, -0.15) is 5.26 Å². The zero-order valence-electron chi connectivity index (χ0n) is 16.9. The average molecular weight is 430 g/mol. The Kier molecular flexibility index (Phi) is 4.59. The van der Waals surface area contributed by atoms with E-state index >= 15 is 0 Å². The summed E-state index contributed by atoms with van der Waals surface area (Å²) in [6, 6.07) is 8.61. The van der Waals surface area contributed by atoms with Gasteiger partial charge in [-0.3, -0.25) is 9.36 Å². The number of hydrogen-bond donors (Lipinski definition) is 1. The van der Waals surface area contributed by atoms with E-state index in [-0.39, 0.29) is 35.1 Å². The molecule has 0 fully saturated rings. The van der Waals surface area contributed by atoms with Crippen molar-refractivity contribution in [3.63, 3.8) is 0 Å². The van der Waals surface area contributed by atoms with Gasteiger partial charge in [0.2, 0.25) is 0 Å². The van der Waals surface area contributed by atoms with Crippen molar-refractivity contribution >= 4 is 5.70 Å². The van der Waals surface area contributed by atoms with E-state index < -0.39 is 17.2 Å². The average Bonchev–Trinajstić information content (AvgIpc) is 2.79. The maximum atomic E-state index is 14.4. The fourth-order valence-electron chi connectivity index (χ4n) is 4.05. The van der Waals surface area contributed by atoms with Crippen molar-refractivity contribution in [3.05, 3.63) is 88.1 Å². The summed E-state index contributed by atoms with van der Waals surface area (Å²) in [5, 5.41) is 12.7. The van der Waals surface area contributed by atoms with Gasteiger partial charge in [0.15, 0.2) is 0 Å². The summed E-state index contributed by atoms with van der Waals surface area (Å²) in [5.74, 6) is -1.01. The Hall–Kier alpha value is -4.25. The number of hydrogen-bond acceptors (Lipinski definition) is 5. The zero-order valence-corrected chi connectivity index (χ0v) is 16.9. The van der Waals surface area contributed by atoms with Gasteiger partial charge < -0.3 is 10.1 Å². The standard InChI is InChI=1S/C24H16F2N4O2/c1-13-20(6-3-7-28-13)30-21-12-32-22-8-14(25)11-29-23(22)17(21)9-16(24(30)31)15-4-2-5-19(26)18(15)10-27/h2-9,11,13,28H,12H2,1H3. The Balaban J connectivity index is 1.89. The number of dihydropyridines is 1. The monoisotopic (exact) mass is 430 g/mol. The molecular formula is C24H16F2N4O2. The van der Waals surface area contributed by atoms with Crippen LogP contribution in [0.1, 0.15) is 18.2 Å². The molecule has 3 aromatic rings. The molecule has 1 N–H and O–H groups in total. The van der Waals surface area contributed by atoms with Gasteiger partial charge in [-0.05, 0) is 37.4 Å². The summed E-state index contributed by atoms with van der Waals surface area (Å²) >= 11 is 0. The van der Waals surface area contributed by atoms with Gasteiger partial charge in [-0.25, -0.2) is 13.8 Å². The van der Waals surface area contributed by atoms with Crippen LogP contribution in [-0.2, 0) is 6.61 Å². The van der Waals surface area contributed by atoms with Crippen molar-refractivity contribution in [1.82, 2.24) is 14.9 Å². The van der Waals surface area contributed by atoms with Crippen LogP contribution in [0.15, 0.2) is 59.7 Å². The van der Waals surface area contributed by atoms with Crippen LogP contribution in [0, 0.1) is 23.0 Å². The molecule has 6 nitrogen and oxygen atoms in total. The second-order valence-electron chi connectivity index (χ2n) is 7.46. The summed E-state index contributed by atoms with van der Waals surface area (Å²) in [6.45, 7) is 1.92. The highest BCUT2D eigenvalue weighted by Crippen LogP contribution is 2.39. The van der Waals surface area contributed by atoms with Crippen LogP contribution in [0.2, 0.25) is 0 Å². The number of halogens is 2. The minimum absolute atomic E-state index is 0.0189. The molecule has 0 radical (unpaired) electrons. The van der Waals surface area contributed by atoms with E-state index in [0.29, 0.717) is 22.6 Å². The zero-order chi connectivity index (χ0) is 22.4. The molecule has 1 aromatic carbocycles. The van der Waals surface area contributed by atoms with Crippen LogP contribution >= 0.6 is 0 Å². The Morgan fingerprint density at radius 3 is 2.88 bits per heavy atom. The lowest BCUT2D eigenvalue weighted by atomic mass is 9.95. The van der Waals surface area contributed by atoms with Gasteiger partial charge in [-0.15, -0.1) is 0 Å². The van der Waals surface area contributed by atoms with Gasteiger partial charge in [0.05, 0.1) is 23.5 Å². The molecule has 2 aliphatic rings. The van der Waals surface area contributed by atoms with Crippen LogP contribution in [0.5, 0.6) is 5.75 Å². The highest BCUT2D eigenvalue weighted by molar-refractivity contribution is 5.80.